The van der Waals surface area contributed by atoms with Gasteiger partial charge in [0.05, 0.1) is 0 Å². The molecule has 0 heteroatoms. The second-order valence-electron chi connectivity index (χ2n) is 4.72. The van der Waals surface area contributed by atoms with Crippen molar-refractivity contribution in [3.8, 4) is 0 Å². The third-order valence-corrected chi connectivity index (χ3v) is 2.93. The van der Waals surface area contributed by atoms with Crippen LogP contribution in [0.15, 0.2) is 24.3 Å². The van der Waals surface area contributed by atoms with Crippen LogP contribution in [0.3, 0.4) is 0 Å². The molecule has 0 aromatic rings. The van der Waals surface area contributed by atoms with Gasteiger partial charge in [0.25, 0.3) is 0 Å². The summed E-state index contributed by atoms with van der Waals surface area (Å²) in [6, 6.07) is 0. The number of allylic oxidation sites excluding steroid dienone is 4. The standard InChI is InChI=1S/C17H31/c1-3-5-7-9-11-13-15-17-16-14-12-10-8-6-4-2/h11,13-14,16H,1,3-10,12,15,17H2,2H3. The molecule has 0 rings (SSSR count). The highest BCUT2D eigenvalue weighted by atomic mass is 13.9. The van der Waals surface area contributed by atoms with Crippen molar-refractivity contribution in [3.05, 3.63) is 31.2 Å². The molecule has 1 radical (unpaired) electrons. The van der Waals surface area contributed by atoms with Crippen LogP contribution in [0.5, 0.6) is 0 Å². The van der Waals surface area contributed by atoms with Crippen molar-refractivity contribution in [1.82, 2.24) is 0 Å². The van der Waals surface area contributed by atoms with Gasteiger partial charge in [0.1, 0.15) is 0 Å². The first-order chi connectivity index (χ1) is 8.41. The summed E-state index contributed by atoms with van der Waals surface area (Å²) in [4.78, 5) is 0. The van der Waals surface area contributed by atoms with Gasteiger partial charge in [-0.3, -0.25) is 0 Å². The van der Waals surface area contributed by atoms with Crippen LogP contribution in [-0.2, 0) is 0 Å². The Morgan fingerprint density at radius 1 is 0.647 bits per heavy atom. The molecule has 0 atom stereocenters. The van der Waals surface area contributed by atoms with Crippen LogP contribution >= 0.6 is 0 Å². The van der Waals surface area contributed by atoms with Crippen molar-refractivity contribution in [2.24, 2.45) is 0 Å². The molecule has 0 saturated heterocycles. The monoisotopic (exact) mass is 235 g/mol. The fraction of sp³-hybridized carbons (Fsp3) is 0.706. The van der Waals surface area contributed by atoms with Crippen molar-refractivity contribution in [1.29, 1.82) is 0 Å². The van der Waals surface area contributed by atoms with E-state index in [9.17, 15) is 0 Å². The van der Waals surface area contributed by atoms with Crippen molar-refractivity contribution >= 4 is 0 Å². The molecule has 0 heterocycles. The molecule has 0 N–H and O–H groups in total. The summed E-state index contributed by atoms with van der Waals surface area (Å²) in [6.07, 6.45) is 23.4. The summed E-state index contributed by atoms with van der Waals surface area (Å²) in [5, 5.41) is 0. The second-order valence-corrected chi connectivity index (χ2v) is 4.72. The largest absolute Gasteiger partial charge is 0.0885 e. The maximum absolute atomic E-state index is 3.85. The molecule has 0 unspecified atom stereocenters. The van der Waals surface area contributed by atoms with Crippen LogP contribution in [0, 0.1) is 6.92 Å². The van der Waals surface area contributed by atoms with E-state index in [-0.39, 0.29) is 0 Å². The fourth-order valence-electron chi connectivity index (χ4n) is 1.79. The van der Waals surface area contributed by atoms with E-state index in [1.807, 2.05) is 0 Å². The summed E-state index contributed by atoms with van der Waals surface area (Å²) in [7, 11) is 0. The van der Waals surface area contributed by atoms with Crippen LogP contribution in [-0.4, -0.2) is 0 Å². The molecule has 99 valence electrons. The average Bonchev–Trinajstić information content (AvgIpc) is 2.35. The van der Waals surface area contributed by atoms with Gasteiger partial charge in [-0.2, -0.15) is 0 Å². The molecule has 17 heavy (non-hydrogen) atoms. The van der Waals surface area contributed by atoms with Gasteiger partial charge >= 0.3 is 0 Å². The Hall–Kier alpha value is -0.520. The predicted molar refractivity (Wildman–Crippen MR) is 80.1 cm³/mol. The van der Waals surface area contributed by atoms with Crippen molar-refractivity contribution < 1.29 is 0 Å². The van der Waals surface area contributed by atoms with Crippen LogP contribution < -0.4 is 0 Å². The highest BCUT2D eigenvalue weighted by Gasteiger charge is 1.84. The van der Waals surface area contributed by atoms with E-state index in [4.69, 9.17) is 0 Å². The molecule has 0 saturated carbocycles. The van der Waals surface area contributed by atoms with E-state index in [0.717, 1.165) is 6.42 Å². The SMILES string of the molecule is [CH2]CCCCC=CCCC=CCCCCCC. The summed E-state index contributed by atoms with van der Waals surface area (Å²) in [5.41, 5.74) is 0. The summed E-state index contributed by atoms with van der Waals surface area (Å²) in [6.45, 7) is 6.11. The van der Waals surface area contributed by atoms with Crippen molar-refractivity contribution in [2.75, 3.05) is 0 Å². The average molecular weight is 235 g/mol. The lowest BCUT2D eigenvalue weighted by Gasteiger charge is -1.94. The molecule has 0 aromatic carbocycles. The van der Waals surface area contributed by atoms with Gasteiger partial charge in [-0.1, -0.05) is 70.3 Å². The zero-order valence-electron chi connectivity index (χ0n) is 11.8. The molecule has 0 aliphatic heterocycles. The van der Waals surface area contributed by atoms with Gasteiger partial charge < -0.3 is 0 Å². The quantitative estimate of drug-likeness (QED) is 0.277. The topological polar surface area (TPSA) is 0 Å². The molecule has 0 nitrogen and oxygen atoms in total. The lowest BCUT2D eigenvalue weighted by atomic mass is 10.1. The molecule has 0 fully saturated rings. The van der Waals surface area contributed by atoms with E-state index < -0.39 is 0 Å². The third-order valence-electron chi connectivity index (χ3n) is 2.93. The molecule has 0 amide bonds. The molecular formula is C17H31. The smallest absolute Gasteiger partial charge is 0.0316 e. The van der Waals surface area contributed by atoms with Crippen LogP contribution in [0.2, 0.25) is 0 Å². The van der Waals surface area contributed by atoms with E-state index in [1.54, 1.807) is 0 Å². The summed E-state index contributed by atoms with van der Waals surface area (Å²) in [5.74, 6) is 0. The van der Waals surface area contributed by atoms with Gasteiger partial charge in [0.2, 0.25) is 0 Å². The maximum Gasteiger partial charge on any atom is -0.0316 e. The number of unbranched alkanes of at least 4 members (excludes halogenated alkanes) is 8. The lowest BCUT2D eigenvalue weighted by Crippen LogP contribution is -1.74. The Kier molecular flexibility index (Phi) is 15.0. The van der Waals surface area contributed by atoms with Gasteiger partial charge in [0, 0.05) is 0 Å². The molecule has 0 spiro atoms. The van der Waals surface area contributed by atoms with Crippen molar-refractivity contribution in [2.45, 2.75) is 77.6 Å². The number of hydrogen-bond donors (Lipinski definition) is 0. The summed E-state index contributed by atoms with van der Waals surface area (Å²) >= 11 is 0. The Bertz CT molecular complexity index is 176. The maximum atomic E-state index is 3.85. The zero-order chi connectivity index (χ0) is 12.6. The minimum atomic E-state index is 1.08. The minimum Gasteiger partial charge on any atom is -0.0885 e. The second kappa shape index (κ2) is 15.5. The first kappa shape index (κ1) is 16.5. The highest BCUT2D eigenvalue weighted by molar-refractivity contribution is 4.88. The van der Waals surface area contributed by atoms with E-state index in [0.29, 0.717) is 0 Å². The molecule has 0 aliphatic rings. The van der Waals surface area contributed by atoms with E-state index in [2.05, 4.69) is 38.2 Å². The fourth-order valence-corrected chi connectivity index (χ4v) is 1.79. The minimum absolute atomic E-state index is 1.08. The molecule has 0 aromatic heterocycles. The number of rotatable bonds is 12. The Morgan fingerprint density at radius 3 is 1.71 bits per heavy atom. The van der Waals surface area contributed by atoms with E-state index >= 15 is 0 Å². The van der Waals surface area contributed by atoms with Crippen LogP contribution in [0.1, 0.15) is 77.6 Å². The number of hydrogen-bond acceptors (Lipinski definition) is 0. The highest BCUT2D eigenvalue weighted by Crippen LogP contribution is 2.04. The van der Waals surface area contributed by atoms with Gasteiger partial charge in [0.15, 0.2) is 0 Å². The normalized spacial score (nSPS) is 11.9. The van der Waals surface area contributed by atoms with Crippen LogP contribution in [0.25, 0.3) is 0 Å². The van der Waals surface area contributed by atoms with Gasteiger partial charge in [-0.25, -0.2) is 0 Å². The first-order valence-corrected chi connectivity index (χ1v) is 7.51. The third kappa shape index (κ3) is 15.5. The Labute approximate surface area is 109 Å². The molecular weight excluding hydrogens is 204 g/mol. The molecule has 0 bridgehead atoms. The molecule has 0 aliphatic carbocycles. The van der Waals surface area contributed by atoms with Crippen LogP contribution in [0.4, 0.5) is 0 Å². The Morgan fingerprint density at radius 2 is 1.18 bits per heavy atom. The van der Waals surface area contributed by atoms with Gasteiger partial charge in [-0.15, -0.1) is 0 Å². The first-order valence-electron chi connectivity index (χ1n) is 7.51. The Balaban J connectivity index is 3.13. The lowest BCUT2D eigenvalue weighted by molar-refractivity contribution is 0.674. The van der Waals surface area contributed by atoms with E-state index in [1.165, 1.54) is 64.2 Å². The summed E-state index contributed by atoms with van der Waals surface area (Å²) < 4.78 is 0. The van der Waals surface area contributed by atoms with Crippen molar-refractivity contribution in [3.63, 3.8) is 0 Å². The zero-order valence-corrected chi connectivity index (χ0v) is 11.8. The predicted octanol–water partition coefficient (Wildman–Crippen LogP) is 6.24. The van der Waals surface area contributed by atoms with Gasteiger partial charge in [-0.05, 0) is 38.5 Å².